The molecule has 10 rings (SSSR count). The molecule has 2 aromatic heterocycles. The summed E-state index contributed by atoms with van der Waals surface area (Å²) in [4.78, 5) is 0. The Bertz CT molecular complexity index is 4030. The second-order valence-corrected chi connectivity index (χ2v) is 11.4. The molecule has 0 N–H and O–H groups in total. The molecule has 0 aliphatic heterocycles. The van der Waals surface area contributed by atoms with Crippen molar-refractivity contribution in [3.63, 3.8) is 0 Å². The van der Waals surface area contributed by atoms with Crippen molar-refractivity contribution in [2.24, 2.45) is 0 Å². The standard InChI is InChI=1S/C48H32N2/c1-3-11-33(12-4-1)35-19-25-39(26-20-35)49-45-17-9-7-15-41(45)43-31-37(23-29-47(43)49)38-24-30-48-44(32-38)42-16-8-10-18-46(42)50(48)40-27-21-36(22-28-40)34-13-5-2-6-14-34/h1-32H/i1D,2D,3D,4D,5D,6D,7D,8D,9D,10D,11D,12D,13D,14D,15D,16D,17D,18D,19D,20D,25D,26D. The van der Waals surface area contributed by atoms with Crippen LogP contribution in [0.2, 0.25) is 0 Å². The van der Waals surface area contributed by atoms with Gasteiger partial charge in [0.2, 0.25) is 0 Å². The average molecular weight is 659 g/mol. The van der Waals surface area contributed by atoms with Gasteiger partial charge in [-0.05, 0) is 93.9 Å². The summed E-state index contributed by atoms with van der Waals surface area (Å²) < 4.78 is 193. The van der Waals surface area contributed by atoms with Crippen molar-refractivity contribution < 1.29 is 30.2 Å². The molecule has 234 valence electrons. The SMILES string of the molecule is [2H]c1c([2H])c([2H])c(-c2ccc(-n3c4ccc(-c5ccc6c(c5)c5c([2H])c([2H])c([2H])c([2H])c5n6-c5c([2H])c([2H])c(-c6c([2H])c([2H])c([2H])c([2H])c6[2H])c([2H])c5[2H])cc4c4c([2H])c([2H])c([2H])c([2H])c43)cc2)c([2H])c1[2H]. The van der Waals surface area contributed by atoms with E-state index in [1.54, 1.807) is 59.2 Å². The Labute approximate surface area is 321 Å². The normalized spacial score (nSPS) is 17.8. The molecule has 0 amide bonds. The Morgan fingerprint density at radius 2 is 0.700 bits per heavy atom. The average Bonchev–Trinajstić information content (AvgIpc) is 3.90. The first kappa shape index (κ1) is 14.1. The number of nitrogens with zero attached hydrogens (tertiary/aromatic N) is 2. The maximum absolute atomic E-state index is 9.25. The van der Waals surface area contributed by atoms with Crippen LogP contribution in [0.4, 0.5) is 0 Å². The van der Waals surface area contributed by atoms with Crippen molar-refractivity contribution in [1.82, 2.24) is 9.13 Å². The van der Waals surface area contributed by atoms with E-state index in [4.69, 9.17) is 27.4 Å². The summed E-state index contributed by atoms with van der Waals surface area (Å²) in [5.41, 5.74) is 0.586. The third-order valence-electron chi connectivity index (χ3n) is 8.63. The van der Waals surface area contributed by atoms with Crippen LogP contribution in [0.1, 0.15) is 30.2 Å². The smallest absolute Gasteiger partial charge is 0.0645 e. The summed E-state index contributed by atoms with van der Waals surface area (Å²) in [6.07, 6.45) is 0. The largest absolute Gasteiger partial charge is 0.309 e. The van der Waals surface area contributed by atoms with Crippen LogP contribution in [0.5, 0.6) is 0 Å². The minimum atomic E-state index is -0.771. The summed E-state index contributed by atoms with van der Waals surface area (Å²) >= 11 is 0. The minimum absolute atomic E-state index is 0.0235. The lowest BCUT2D eigenvalue weighted by molar-refractivity contribution is 1.18. The van der Waals surface area contributed by atoms with E-state index >= 15 is 0 Å². The molecule has 0 saturated carbocycles. The molecule has 2 heterocycles. The van der Waals surface area contributed by atoms with Gasteiger partial charge >= 0.3 is 0 Å². The lowest BCUT2D eigenvalue weighted by atomic mass is 10.0. The van der Waals surface area contributed by atoms with E-state index in [1.165, 1.54) is 10.6 Å². The van der Waals surface area contributed by atoms with Crippen LogP contribution in [-0.4, -0.2) is 9.13 Å². The van der Waals surface area contributed by atoms with Crippen molar-refractivity contribution in [3.05, 3.63) is 194 Å². The third kappa shape index (κ3) is 4.57. The summed E-state index contributed by atoms with van der Waals surface area (Å²) in [6.45, 7) is 0. The summed E-state index contributed by atoms with van der Waals surface area (Å²) in [6, 6.07) is 3.14. The predicted molar refractivity (Wildman–Crippen MR) is 211 cm³/mol. The van der Waals surface area contributed by atoms with E-state index in [2.05, 4.69) is 0 Å². The van der Waals surface area contributed by atoms with Crippen LogP contribution in [0.15, 0.2) is 194 Å². The Balaban J connectivity index is 1.20. The summed E-state index contributed by atoms with van der Waals surface area (Å²) in [5, 5.41) is 0.708. The molecular weight excluding hydrogens is 605 g/mol. The first-order chi connectivity index (χ1) is 33.9. The summed E-state index contributed by atoms with van der Waals surface area (Å²) in [7, 11) is 0. The number of aromatic nitrogens is 2. The summed E-state index contributed by atoms with van der Waals surface area (Å²) in [5.74, 6) is 0. The number of rotatable bonds is 5. The lowest BCUT2D eigenvalue weighted by Gasteiger charge is -2.11. The molecule has 0 aliphatic carbocycles. The molecule has 2 heteroatoms. The Hall–Kier alpha value is -6.64. The Morgan fingerprint density at radius 3 is 1.24 bits per heavy atom. The van der Waals surface area contributed by atoms with Gasteiger partial charge in [-0.15, -0.1) is 0 Å². The van der Waals surface area contributed by atoms with Gasteiger partial charge in [-0.2, -0.15) is 0 Å². The fourth-order valence-corrected chi connectivity index (χ4v) is 6.39. The van der Waals surface area contributed by atoms with Crippen LogP contribution in [-0.2, 0) is 0 Å². The highest BCUT2D eigenvalue weighted by molar-refractivity contribution is 6.12. The molecule has 0 unspecified atom stereocenters. The second-order valence-electron chi connectivity index (χ2n) is 11.4. The first-order valence-corrected chi connectivity index (χ1v) is 15.4. The maximum atomic E-state index is 9.25. The van der Waals surface area contributed by atoms with Crippen LogP contribution in [0.3, 0.4) is 0 Å². The number of para-hydroxylation sites is 2. The predicted octanol–water partition coefficient (Wildman–Crippen LogP) is 12.9. The highest BCUT2D eigenvalue weighted by Gasteiger charge is 2.16. The molecule has 0 spiro atoms. The number of hydrogen-bond acceptors (Lipinski definition) is 0. The maximum Gasteiger partial charge on any atom is 0.0645 e. The van der Waals surface area contributed by atoms with Crippen molar-refractivity contribution >= 4 is 43.6 Å². The van der Waals surface area contributed by atoms with E-state index in [9.17, 15) is 2.74 Å². The van der Waals surface area contributed by atoms with Gasteiger partial charge in [0.25, 0.3) is 0 Å². The van der Waals surface area contributed by atoms with Gasteiger partial charge in [0.05, 0.1) is 52.2 Å². The highest BCUT2D eigenvalue weighted by atomic mass is 15.0. The fraction of sp³-hybridized carbons (Fsp3) is 0. The van der Waals surface area contributed by atoms with Crippen LogP contribution in [0, 0.1) is 0 Å². The zero-order valence-corrected chi connectivity index (χ0v) is 25.7. The van der Waals surface area contributed by atoms with Crippen molar-refractivity contribution in [1.29, 1.82) is 0 Å². The van der Waals surface area contributed by atoms with Crippen molar-refractivity contribution in [3.8, 4) is 44.8 Å². The molecule has 0 fully saturated rings. The van der Waals surface area contributed by atoms with Crippen molar-refractivity contribution in [2.75, 3.05) is 0 Å². The van der Waals surface area contributed by atoms with Gasteiger partial charge in [0, 0.05) is 32.9 Å². The van der Waals surface area contributed by atoms with E-state index < -0.39 is 138 Å². The minimum Gasteiger partial charge on any atom is -0.309 e. The molecule has 0 aliphatic rings. The van der Waals surface area contributed by atoms with Crippen molar-refractivity contribution in [2.45, 2.75) is 0 Å². The molecular formula is C48H32N2. The first-order valence-electron chi connectivity index (χ1n) is 26.4. The number of fused-ring (bicyclic) bond motifs is 6. The third-order valence-corrected chi connectivity index (χ3v) is 8.63. The van der Waals surface area contributed by atoms with Gasteiger partial charge in [-0.1, -0.05) is 133 Å². The van der Waals surface area contributed by atoms with Gasteiger partial charge in [0.1, 0.15) is 0 Å². The van der Waals surface area contributed by atoms with Gasteiger partial charge < -0.3 is 9.13 Å². The molecule has 0 bridgehead atoms. The molecule has 0 atom stereocenters. The molecule has 2 nitrogen and oxygen atoms in total. The van der Waals surface area contributed by atoms with Crippen LogP contribution < -0.4 is 0 Å². The molecule has 8 aromatic carbocycles. The quantitative estimate of drug-likeness (QED) is 0.174. The highest BCUT2D eigenvalue weighted by Crippen LogP contribution is 2.38. The van der Waals surface area contributed by atoms with Gasteiger partial charge in [-0.25, -0.2) is 0 Å². The number of benzene rings is 8. The fourth-order valence-electron chi connectivity index (χ4n) is 6.39. The van der Waals surface area contributed by atoms with E-state index in [0.717, 1.165) is 0 Å². The molecule has 0 saturated heterocycles. The van der Waals surface area contributed by atoms with E-state index in [0.29, 0.717) is 33.3 Å². The molecule has 10 aromatic rings. The Morgan fingerprint density at radius 1 is 0.280 bits per heavy atom. The molecule has 50 heavy (non-hydrogen) atoms. The van der Waals surface area contributed by atoms with E-state index in [-0.39, 0.29) is 50.4 Å². The monoisotopic (exact) mass is 658 g/mol. The Kier molecular flexibility index (Phi) is 3.24. The zero-order valence-electron chi connectivity index (χ0n) is 47.7. The lowest BCUT2D eigenvalue weighted by Crippen LogP contribution is -1.94. The van der Waals surface area contributed by atoms with Crippen LogP contribution in [0.25, 0.3) is 88.4 Å². The van der Waals surface area contributed by atoms with Gasteiger partial charge in [-0.3, -0.25) is 0 Å². The van der Waals surface area contributed by atoms with E-state index in [1.807, 2.05) is 0 Å². The van der Waals surface area contributed by atoms with Crippen LogP contribution >= 0.6 is 0 Å². The second kappa shape index (κ2) is 11.5. The topological polar surface area (TPSA) is 9.86 Å². The van der Waals surface area contributed by atoms with Gasteiger partial charge in [0.15, 0.2) is 0 Å². The number of hydrogen-bond donors (Lipinski definition) is 0. The molecule has 0 radical (unpaired) electrons. The zero-order chi connectivity index (χ0) is 52.2.